The van der Waals surface area contributed by atoms with Crippen LogP contribution in [0.1, 0.15) is 13.8 Å². The number of carbonyl (C=O) groups is 1. The van der Waals surface area contributed by atoms with Crippen LogP contribution in [0.2, 0.25) is 0 Å². The molecule has 0 bridgehead atoms. The van der Waals surface area contributed by atoms with Crippen LogP contribution in [0.5, 0.6) is 0 Å². The van der Waals surface area contributed by atoms with Crippen molar-refractivity contribution in [3.63, 3.8) is 0 Å². The van der Waals surface area contributed by atoms with Gasteiger partial charge in [0, 0.05) is 6.54 Å². The fourth-order valence-electron chi connectivity index (χ4n) is 1.35. The first-order valence-electron chi connectivity index (χ1n) is 4.12. The highest BCUT2D eigenvalue weighted by Crippen LogP contribution is 2.09. The first-order chi connectivity index (χ1) is 5.65. The van der Waals surface area contributed by atoms with E-state index >= 15 is 0 Å². The van der Waals surface area contributed by atoms with E-state index in [1.807, 2.05) is 13.8 Å². The number of hydrogen-bond acceptors (Lipinski definition) is 4. The molecular weight excluding hydrogens is 158 g/mol. The fourth-order valence-corrected chi connectivity index (χ4v) is 1.35. The van der Waals surface area contributed by atoms with Gasteiger partial charge in [-0.2, -0.15) is 0 Å². The van der Waals surface area contributed by atoms with Gasteiger partial charge in [-0.3, -0.25) is 10.1 Å². The quantitative estimate of drug-likeness (QED) is 0.564. The molecule has 1 heterocycles. The number of ether oxygens (including phenoxy) is 2. The van der Waals surface area contributed by atoms with Crippen molar-refractivity contribution in [3.8, 4) is 0 Å². The van der Waals surface area contributed by atoms with Crippen molar-refractivity contribution >= 4 is 5.97 Å². The molecule has 1 aliphatic rings. The zero-order chi connectivity index (χ0) is 9.14. The second-order valence-corrected chi connectivity index (χ2v) is 3.06. The summed E-state index contributed by atoms with van der Waals surface area (Å²) < 4.78 is 10.1. The zero-order valence-electron chi connectivity index (χ0n) is 7.66. The molecule has 0 aliphatic carbocycles. The van der Waals surface area contributed by atoms with Gasteiger partial charge >= 0.3 is 5.97 Å². The van der Waals surface area contributed by atoms with Crippen molar-refractivity contribution in [2.45, 2.75) is 32.1 Å². The van der Waals surface area contributed by atoms with Crippen LogP contribution in [-0.2, 0) is 14.3 Å². The Morgan fingerprint density at radius 3 is 2.75 bits per heavy atom. The molecule has 1 saturated heterocycles. The first-order valence-corrected chi connectivity index (χ1v) is 4.12. The molecule has 0 spiro atoms. The maximum Gasteiger partial charge on any atom is 0.325 e. The third kappa shape index (κ3) is 1.95. The Hall–Kier alpha value is -0.610. The van der Waals surface area contributed by atoms with Gasteiger partial charge in [0.2, 0.25) is 0 Å². The molecule has 0 aromatic heterocycles. The largest absolute Gasteiger partial charge is 0.468 e. The predicted molar refractivity (Wildman–Crippen MR) is 43.8 cm³/mol. The van der Waals surface area contributed by atoms with E-state index in [-0.39, 0.29) is 24.2 Å². The van der Waals surface area contributed by atoms with Crippen LogP contribution in [0.15, 0.2) is 0 Å². The minimum absolute atomic E-state index is 0.110. The van der Waals surface area contributed by atoms with E-state index < -0.39 is 0 Å². The normalized spacial score (nSPS) is 36.1. The van der Waals surface area contributed by atoms with E-state index in [0.29, 0.717) is 6.54 Å². The van der Waals surface area contributed by atoms with E-state index in [4.69, 9.17) is 4.74 Å². The lowest BCUT2D eigenvalue weighted by atomic mass is 10.1. The highest BCUT2D eigenvalue weighted by molar-refractivity contribution is 5.76. The van der Waals surface area contributed by atoms with Crippen molar-refractivity contribution in [1.29, 1.82) is 0 Å². The van der Waals surface area contributed by atoms with Crippen molar-refractivity contribution in [3.05, 3.63) is 0 Å². The summed E-state index contributed by atoms with van der Waals surface area (Å²) in [6, 6.07) is -0.314. The summed E-state index contributed by atoms with van der Waals surface area (Å²) in [4.78, 5) is 11.1. The van der Waals surface area contributed by atoms with Gasteiger partial charge in [-0.15, -0.1) is 0 Å². The van der Waals surface area contributed by atoms with Crippen LogP contribution in [0.25, 0.3) is 0 Å². The Morgan fingerprint density at radius 2 is 2.25 bits per heavy atom. The third-order valence-electron chi connectivity index (χ3n) is 2.00. The van der Waals surface area contributed by atoms with Crippen LogP contribution in [0.3, 0.4) is 0 Å². The molecule has 1 aliphatic heterocycles. The third-order valence-corrected chi connectivity index (χ3v) is 2.00. The lowest BCUT2D eigenvalue weighted by Crippen LogP contribution is -2.54. The summed E-state index contributed by atoms with van der Waals surface area (Å²) in [7, 11) is 1.38. The summed E-state index contributed by atoms with van der Waals surface area (Å²) in [5.41, 5.74) is 0. The fraction of sp³-hybridized carbons (Fsp3) is 0.875. The molecule has 0 aromatic carbocycles. The van der Waals surface area contributed by atoms with Gasteiger partial charge in [0.15, 0.2) is 0 Å². The van der Waals surface area contributed by atoms with Crippen LogP contribution in [0, 0.1) is 0 Å². The molecule has 1 fully saturated rings. The Balaban J connectivity index is 2.50. The van der Waals surface area contributed by atoms with Crippen molar-refractivity contribution in [2.24, 2.45) is 0 Å². The van der Waals surface area contributed by atoms with Gasteiger partial charge in [-0.25, -0.2) is 0 Å². The average molecular weight is 173 g/mol. The summed E-state index contributed by atoms with van der Waals surface area (Å²) in [5.74, 6) is -0.255. The molecule has 4 nitrogen and oxygen atoms in total. The molecule has 4 heteroatoms. The van der Waals surface area contributed by atoms with Crippen LogP contribution in [-0.4, -0.2) is 37.9 Å². The lowest BCUT2D eigenvalue weighted by molar-refractivity contribution is -0.151. The SMILES string of the molecule is COC(=O)C1NC[C@H](C)O[C@H]1C. The Morgan fingerprint density at radius 1 is 1.58 bits per heavy atom. The predicted octanol–water partition coefficient (Wildman–Crippen LogP) is -0.0752. The minimum atomic E-state index is -0.314. The lowest BCUT2D eigenvalue weighted by Gasteiger charge is -2.32. The van der Waals surface area contributed by atoms with Crippen LogP contribution < -0.4 is 5.32 Å². The summed E-state index contributed by atoms with van der Waals surface area (Å²) in [5, 5.41) is 3.07. The van der Waals surface area contributed by atoms with Crippen molar-refractivity contribution in [2.75, 3.05) is 13.7 Å². The molecule has 1 rings (SSSR count). The van der Waals surface area contributed by atoms with Gasteiger partial charge in [0.25, 0.3) is 0 Å². The van der Waals surface area contributed by atoms with Crippen molar-refractivity contribution in [1.82, 2.24) is 5.32 Å². The monoisotopic (exact) mass is 173 g/mol. The highest BCUT2D eigenvalue weighted by Gasteiger charge is 2.31. The van der Waals surface area contributed by atoms with Gasteiger partial charge < -0.3 is 9.47 Å². The van der Waals surface area contributed by atoms with Gasteiger partial charge in [-0.1, -0.05) is 0 Å². The summed E-state index contributed by atoms with van der Waals surface area (Å²) in [6.45, 7) is 4.53. The van der Waals surface area contributed by atoms with Gasteiger partial charge in [-0.05, 0) is 13.8 Å². The van der Waals surface area contributed by atoms with E-state index in [1.54, 1.807) is 0 Å². The van der Waals surface area contributed by atoms with Crippen LogP contribution >= 0.6 is 0 Å². The van der Waals surface area contributed by atoms with Crippen molar-refractivity contribution < 1.29 is 14.3 Å². The van der Waals surface area contributed by atoms with Gasteiger partial charge in [0.1, 0.15) is 6.04 Å². The van der Waals surface area contributed by atoms with E-state index in [9.17, 15) is 4.79 Å². The summed E-state index contributed by atoms with van der Waals surface area (Å²) >= 11 is 0. The minimum Gasteiger partial charge on any atom is -0.468 e. The number of methoxy groups -OCH3 is 1. The molecular formula is C8H15NO3. The van der Waals surface area contributed by atoms with Gasteiger partial charge in [0.05, 0.1) is 19.3 Å². The number of nitrogens with one attached hydrogen (secondary N) is 1. The highest BCUT2D eigenvalue weighted by atomic mass is 16.5. The number of carbonyl (C=O) groups excluding carboxylic acids is 1. The molecule has 0 saturated carbocycles. The zero-order valence-corrected chi connectivity index (χ0v) is 7.66. The second-order valence-electron chi connectivity index (χ2n) is 3.06. The Kier molecular flexibility index (Phi) is 3.05. The maximum atomic E-state index is 11.1. The molecule has 0 aromatic rings. The topological polar surface area (TPSA) is 47.6 Å². The number of esters is 1. The molecule has 12 heavy (non-hydrogen) atoms. The van der Waals surface area contributed by atoms with Crippen LogP contribution in [0.4, 0.5) is 0 Å². The standard InChI is InChI=1S/C8H15NO3/c1-5-4-9-7(6(2)12-5)8(10)11-3/h5-7,9H,4H2,1-3H3/t5-,6-,7?/m0/s1. The first kappa shape index (κ1) is 9.48. The molecule has 1 N–H and O–H groups in total. The second kappa shape index (κ2) is 3.87. The van der Waals surface area contributed by atoms with E-state index in [2.05, 4.69) is 10.1 Å². The molecule has 1 unspecified atom stereocenters. The molecule has 3 atom stereocenters. The number of rotatable bonds is 1. The average Bonchev–Trinajstić information content (AvgIpc) is 2.03. The molecule has 70 valence electrons. The number of hydrogen-bond donors (Lipinski definition) is 1. The molecule has 0 radical (unpaired) electrons. The maximum absolute atomic E-state index is 11.1. The number of morpholine rings is 1. The summed E-state index contributed by atoms with van der Waals surface area (Å²) in [6.07, 6.45) is 0.0575. The Labute approximate surface area is 72.2 Å². The van der Waals surface area contributed by atoms with E-state index in [1.165, 1.54) is 7.11 Å². The smallest absolute Gasteiger partial charge is 0.325 e. The Bertz CT molecular complexity index is 172. The molecule has 0 amide bonds. The van der Waals surface area contributed by atoms with E-state index in [0.717, 1.165) is 0 Å².